The Morgan fingerprint density at radius 2 is 2.07 bits per heavy atom. The number of benzene rings is 2. The average molecular weight is 423 g/mol. The lowest BCUT2D eigenvalue weighted by molar-refractivity contribution is 0.0730. The Morgan fingerprint density at radius 3 is 2.74 bits per heavy atom. The number of hydrogen-bond acceptors (Lipinski definition) is 6. The van der Waals surface area contributed by atoms with Crippen LogP contribution in [0.4, 0.5) is 0 Å². The summed E-state index contributed by atoms with van der Waals surface area (Å²) >= 11 is 16.9. The number of aromatic nitrogens is 3. The van der Waals surface area contributed by atoms with Gasteiger partial charge in [0.15, 0.2) is 11.5 Å². The van der Waals surface area contributed by atoms with Crippen molar-refractivity contribution in [1.29, 1.82) is 0 Å². The highest BCUT2D eigenvalue weighted by molar-refractivity contribution is 7.71. The molecule has 0 aliphatic carbocycles. The molecule has 0 amide bonds. The van der Waals surface area contributed by atoms with E-state index in [-0.39, 0.29) is 16.3 Å². The van der Waals surface area contributed by atoms with E-state index in [0.29, 0.717) is 21.1 Å². The number of halogens is 2. The van der Waals surface area contributed by atoms with Crippen LogP contribution in [0.5, 0.6) is 11.5 Å². The molecule has 27 heavy (non-hydrogen) atoms. The standard InChI is InChI=1S/C17H12Cl2N4O3S/c1-25-15-6-10(8-21-23-9-20-22-17(23)27)2-5-14(15)26-16(24)12-4-3-11(18)7-13(12)19/h2-9H,1H3,(H,22,27). The summed E-state index contributed by atoms with van der Waals surface area (Å²) in [6, 6.07) is 9.49. The zero-order chi connectivity index (χ0) is 19.4. The number of hydrogen-bond donors (Lipinski definition) is 1. The Kier molecular flexibility index (Phi) is 5.90. The van der Waals surface area contributed by atoms with Crippen molar-refractivity contribution in [3.05, 3.63) is 68.7 Å². The fourth-order valence-corrected chi connectivity index (χ4v) is 2.74. The monoisotopic (exact) mass is 422 g/mol. The molecular formula is C17H12Cl2N4O3S. The second kappa shape index (κ2) is 8.34. The maximum Gasteiger partial charge on any atom is 0.345 e. The van der Waals surface area contributed by atoms with Gasteiger partial charge in [-0.05, 0) is 54.2 Å². The zero-order valence-electron chi connectivity index (χ0n) is 13.8. The van der Waals surface area contributed by atoms with E-state index in [1.165, 1.54) is 30.2 Å². The van der Waals surface area contributed by atoms with Gasteiger partial charge in [-0.3, -0.25) is 5.10 Å². The number of aromatic amines is 1. The Labute approximate surface area is 169 Å². The first kappa shape index (κ1) is 19.1. The number of esters is 1. The molecule has 0 spiro atoms. The van der Waals surface area contributed by atoms with Crippen molar-refractivity contribution in [2.75, 3.05) is 7.11 Å². The van der Waals surface area contributed by atoms with Crippen molar-refractivity contribution < 1.29 is 14.3 Å². The molecule has 0 aliphatic rings. The Balaban J connectivity index is 1.82. The minimum Gasteiger partial charge on any atom is -0.493 e. The third-order valence-electron chi connectivity index (χ3n) is 3.41. The summed E-state index contributed by atoms with van der Waals surface area (Å²) < 4.78 is 12.5. The summed E-state index contributed by atoms with van der Waals surface area (Å²) in [5, 5.41) is 11.2. The van der Waals surface area contributed by atoms with E-state index < -0.39 is 5.97 Å². The number of rotatable bonds is 5. The van der Waals surface area contributed by atoms with Crippen molar-refractivity contribution >= 4 is 47.6 Å². The van der Waals surface area contributed by atoms with Crippen LogP contribution in [0.15, 0.2) is 47.8 Å². The molecule has 0 unspecified atom stereocenters. The van der Waals surface area contributed by atoms with Crippen LogP contribution in [0.3, 0.4) is 0 Å². The normalized spacial score (nSPS) is 10.9. The van der Waals surface area contributed by atoms with Crippen LogP contribution >= 0.6 is 35.4 Å². The molecule has 1 aromatic heterocycles. The molecule has 10 heteroatoms. The smallest absolute Gasteiger partial charge is 0.345 e. The molecule has 3 aromatic rings. The van der Waals surface area contributed by atoms with Crippen LogP contribution in [0, 0.1) is 4.77 Å². The van der Waals surface area contributed by atoms with Gasteiger partial charge in [-0.2, -0.15) is 14.9 Å². The Hall–Kier alpha value is -2.68. The summed E-state index contributed by atoms with van der Waals surface area (Å²) in [7, 11) is 1.47. The van der Waals surface area contributed by atoms with E-state index in [4.69, 9.17) is 44.9 Å². The largest absolute Gasteiger partial charge is 0.493 e. The van der Waals surface area contributed by atoms with Crippen LogP contribution in [0.1, 0.15) is 15.9 Å². The number of carbonyl (C=O) groups is 1. The highest BCUT2D eigenvalue weighted by atomic mass is 35.5. The summed E-state index contributed by atoms with van der Waals surface area (Å²) in [5.74, 6) is -0.0279. The molecule has 0 bridgehead atoms. The molecule has 0 radical (unpaired) electrons. The predicted molar refractivity (Wildman–Crippen MR) is 105 cm³/mol. The summed E-state index contributed by atoms with van der Waals surface area (Å²) in [6.07, 6.45) is 3.01. The number of ether oxygens (including phenoxy) is 2. The molecule has 0 atom stereocenters. The number of nitrogens with zero attached hydrogens (tertiary/aromatic N) is 3. The van der Waals surface area contributed by atoms with E-state index in [1.54, 1.807) is 30.5 Å². The quantitative estimate of drug-likeness (QED) is 0.286. The van der Waals surface area contributed by atoms with E-state index in [0.717, 1.165) is 0 Å². The van der Waals surface area contributed by atoms with E-state index in [9.17, 15) is 4.79 Å². The molecule has 2 aromatic carbocycles. The number of carbonyl (C=O) groups excluding carboxylic acids is 1. The van der Waals surface area contributed by atoms with Crippen LogP contribution in [-0.4, -0.2) is 34.2 Å². The van der Waals surface area contributed by atoms with Crippen LogP contribution < -0.4 is 9.47 Å². The third kappa shape index (κ3) is 4.54. The molecule has 7 nitrogen and oxygen atoms in total. The average Bonchev–Trinajstić information content (AvgIpc) is 3.05. The van der Waals surface area contributed by atoms with Gasteiger partial charge < -0.3 is 9.47 Å². The van der Waals surface area contributed by atoms with Crippen LogP contribution in [-0.2, 0) is 0 Å². The van der Waals surface area contributed by atoms with Crippen LogP contribution in [0.2, 0.25) is 10.0 Å². The van der Waals surface area contributed by atoms with Gasteiger partial charge in [0.1, 0.15) is 6.33 Å². The molecule has 0 fully saturated rings. The van der Waals surface area contributed by atoms with Crippen molar-refractivity contribution in [1.82, 2.24) is 14.9 Å². The highest BCUT2D eigenvalue weighted by Gasteiger charge is 2.16. The first-order valence-corrected chi connectivity index (χ1v) is 8.66. The lowest BCUT2D eigenvalue weighted by atomic mass is 10.2. The molecule has 1 heterocycles. The number of methoxy groups -OCH3 is 1. The second-order valence-electron chi connectivity index (χ2n) is 5.17. The lowest BCUT2D eigenvalue weighted by Crippen LogP contribution is -2.10. The van der Waals surface area contributed by atoms with Gasteiger partial charge in [-0.15, -0.1) is 0 Å². The van der Waals surface area contributed by atoms with Gasteiger partial charge in [-0.25, -0.2) is 4.79 Å². The summed E-state index contributed by atoms with van der Waals surface area (Å²) in [4.78, 5) is 12.4. The third-order valence-corrected chi connectivity index (χ3v) is 4.23. The van der Waals surface area contributed by atoms with Gasteiger partial charge in [0.05, 0.1) is 23.9 Å². The minimum absolute atomic E-state index is 0.197. The summed E-state index contributed by atoms with van der Waals surface area (Å²) in [6.45, 7) is 0. The minimum atomic E-state index is -0.624. The first-order chi connectivity index (χ1) is 13.0. The fraction of sp³-hybridized carbons (Fsp3) is 0.0588. The maximum atomic E-state index is 12.4. The molecule has 138 valence electrons. The van der Waals surface area contributed by atoms with E-state index in [1.807, 2.05) is 0 Å². The summed E-state index contributed by atoms with van der Waals surface area (Å²) in [5.41, 5.74) is 0.905. The lowest BCUT2D eigenvalue weighted by Gasteiger charge is -2.10. The predicted octanol–water partition coefficient (Wildman–Crippen LogP) is 4.36. The van der Waals surface area contributed by atoms with Crippen molar-refractivity contribution in [3.63, 3.8) is 0 Å². The Morgan fingerprint density at radius 1 is 1.26 bits per heavy atom. The number of nitrogens with one attached hydrogen (secondary N) is 1. The first-order valence-electron chi connectivity index (χ1n) is 7.49. The molecule has 0 saturated heterocycles. The topological polar surface area (TPSA) is 81.5 Å². The SMILES string of the molecule is COc1cc(C=Nn2cn[nH]c2=S)ccc1OC(=O)c1ccc(Cl)cc1Cl. The van der Waals surface area contributed by atoms with Gasteiger partial charge in [0.25, 0.3) is 0 Å². The Bertz CT molecular complexity index is 1080. The highest BCUT2D eigenvalue weighted by Crippen LogP contribution is 2.29. The molecule has 0 aliphatic heterocycles. The fourth-order valence-electron chi connectivity index (χ4n) is 2.11. The van der Waals surface area contributed by atoms with Crippen molar-refractivity contribution in [2.45, 2.75) is 0 Å². The van der Waals surface area contributed by atoms with E-state index >= 15 is 0 Å². The van der Waals surface area contributed by atoms with Gasteiger partial charge >= 0.3 is 5.97 Å². The second-order valence-corrected chi connectivity index (χ2v) is 6.40. The molecule has 0 saturated carbocycles. The van der Waals surface area contributed by atoms with Crippen molar-refractivity contribution in [2.24, 2.45) is 5.10 Å². The van der Waals surface area contributed by atoms with Crippen molar-refractivity contribution in [3.8, 4) is 11.5 Å². The molecular weight excluding hydrogens is 411 g/mol. The maximum absolute atomic E-state index is 12.4. The van der Waals surface area contributed by atoms with Gasteiger partial charge in [0.2, 0.25) is 4.77 Å². The molecule has 1 N–H and O–H groups in total. The zero-order valence-corrected chi connectivity index (χ0v) is 16.2. The number of H-pyrrole nitrogens is 1. The van der Waals surface area contributed by atoms with Gasteiger partial charge in [0, 0.05) is 5.02 Å². The van der Waals surface area contributed by atoms with Gasteiger partial charge in [-0.1, -0.05) is 23.2 Å². The van der Waals surface area contributed by atoms with E-state index in [2.05, 4.69) is 15.3 Å². The molecule has 3 rings (SSSR count). The van der Waals surface area contributed by atoms with Crippen LogP contribution in [0.25, 0.3) is 0 Å².